The highest BCUT2D eigenvalue weighted by Gasteiger charge is 2.36. The number of nitrogens with zero attached hydrogens (tertiary/aromatic N) is 1. The van der Waals surface area contributed by atoms with Gasteiger partial charge in [0.05, 0.1) is 11.7 Å². The third-order valence-corrected chi connectivity index (χ3v) is 7.18. The van der Waals surface area contributed by atoms with Crippen molar-refractivity contribution >= 4 is 17.3 Å². The Morgan fingerprint density at radius 2 is 2.00 bits per heavy atom. The van der Waals surface area contributed by atoms with Crippen LogP contribution in [0.1, 0.15) is 59.3 Å². The molecule has 4 nitrogen and oxygen atoms in total. The summed E-state index contributed by atoms with van der Waals surface area (Å²) in [5.74, 6) is 0.355. The van der Waals surface area contributed by atoms with Gasteiger partial charge in [-0.1, -0.05) is 6.92 Å². The van der Waals surface area contributed by atoms with Gasteiger partial charge in [0.15, 0.2) is 0 Å². The van der Waals surface area contributed by atoms with E-state index in [4.69, 9.17) is 4.74 Å². The lowest BCUT2D eigenvalue weighted by molar-refractivity contribution is -0.0600. The van der Waals surface area contributed by atoms with Gasteiger partial charge in [-0.05, 0) is 50.0 Å². The molecule has 0 amide bonds. The molecule has 128 valence electrons. The summed E-state index contributed by atoms with van der Waals surface area (Å²) in [7, 11) is 1.80. The largest absolute Gasteiger partial charge is 0.478 e. The maximum absolute atomic E-state index is 11.2. The molecule has 0 bridgehead atoms. The predicted molar refractivity (Wildman–Crippen MR) is 92.5 cm³/mol. The molecular weight excluding hydrogens is 310 g/mol. The lowest BCUT2D eigenvalue weighted by atomic mass is 9.77. The van der Waals surface area contributed by atoms with Crippen molar-refractivity contribution in [2.24, 2.45) is 5.92 Å². The first-order valence-corrected chi connectivity index (χ1v) is 9.47. The molecule has 0 aromatic carbocycles. The zero-order valence-electron chi connectivity index (χ0n) is 14.2. The molecular formula is C18H27NO3S. The van der Waals surface area contributed by atoms with Gasteiger partial charge in [-0.15, -0.1) is 11.3 Å². The Morgan fingerprint density at radius 1 is 1.35 bits per heavy atom. The van der Waals surface area contributed by atoms with Crippen LogP contribution in [0.2, 0.25) is 0 Å². The van der Waals surface area contributed by atoms with Gasteiger partial charge in [0.2, 0.25) is 0 Å². The van der Waals surface area contributed by atoms with E-state index >= 15 is 0 Å². The van der Waals surface area contributed by atoms with Crippen molar-refractivity contribution in [3.8, 4) is 0 Å². The quantitative estimate of drug-likeness (QED) is 0.889. The Kier molecular flexibility index (Phi) is 5.09. The van der Waals surface area contributed by atoms with Crippen LogP contribution in [-0.4, -0.2) is 48.3 Å². The van der Waals surface area contributed by atoms with E-state index in [1.165, 1.54) is 30.6 Å². The second kappa shape index (κ2) is 6.91. The van der Waals surface area contributed by atoms with Crippen molar-refractivity contribution in [2.75, 3.05) is 20.2 Å². The first-order chi connectivity index (χ1) is 11.0. The Balaban J connectivity index is 1.56. The molecule has 1 saturated carbocycles. The SMILES string of the molecule is COC1CN([C@H]2CC[C@H](C(C)c3scc(C(=O)O)c3C)CC2)C1. The van der Waals surface area contributed by atoms with E-state index in [1.54, 1.807) is 23.8 Å². The lowest BCUT2D eigenvalue weighted by Crippen LogP contribution is -2.56. The molecule has 1 N–H and O–H groups in total. The first-order valence-electron chi connectivity index (χ1n) is 8.59. The summed E-state index contributed by atoms with van der Waals surface area (Å²) >= 11 is 1.62. The minimum atomic E-state index is -0.800. The third kappa shape index (κ3) is 3.32. The van der Waals surface area contributed by atoms with E-state index in [2.05, 4.69) is 11.8 Å². The van der Waals surface area contributed by atoms with Crippen LogP contribution in [0.3, 0.4) is 0 Å². The molecule has 0 spiro atoms. The number of methoxy groups -OCH3 is 1. The molecule has 2 fully saturated rings. The van der Waals surface area contributed by atoms with Gasteiger partial charge in [0, 0.05) is 36.5 Å². The molecule has 1 aromatic rings. The van der Waals surface area contributed by atoms with Crippen molar-refractivity contribution in [3.63, 3.8) is 0 Å². The fourth-order valence-electron chi connectivity index (χ4n) is 4.19. The molecule has 1 aliphatic heterocycles. The smallest absolute Gasteiger partial charge is 0.336 e. The molecule has 1 unspecified atom stereocenters. The Morgan fingerprint density at radius 3 is 2.52 bits per heavy atom. The average Bonchev–Trinajstić information content (AvgIpc) is 2.88. The van der Waals surface area contributed by atoms with Gasteiger partial charge in [0.25, 0.3) is 0 Å². The second-order valence-corrected chi connectivity index (χ2v) is 8.02. The Labute approximate surface area is 142 Å². The number of hydrogen-bond acceptors (Lipinski definition) is 4. The van der Waals surface area contributed by atoms with Crippen LogP contribution in [0.25, 0.3) is 0 Å². The fraction of sp³-hybridized carbons (Fsp3) is 0.722. The van der Waals surface area contributed by atoms with Crippen LogP contribution in [0.4, 0.5) is 0 Å². The molecule has 23 heavy (non-hydrogen) atoms. The summed E-state index contributed by atoms with van der Waals surface area (Å²) in [6.07, 6.45) is 5.47. The van der Waals surface area contributed by atoms with Crippen molar-refractivity contribution in [3.05, 3.63) is 21.4 Å². The number of ether oxygens (including phenoxy) is 1. The summed E-state index contributed by atoms with van der Waals surface area (Å²) in [6, 6.07) is 0.726. The summed E-state index contributed by atoms with van der Waals surface area (Å²) in [4.78, 5) is 15.1. The Hall–Kier alpha value is -0.910. The van der Waals surface area contributed by atoms with E-state index in [0.717, 1.165) is 24.7 Å². The van der Waals surface area contributed by atoms with E-state index < -0.39 is 5.97 Å². The zero-order chi connectivity index (χ0) is 16.6. The lowest BCUT2D eigenvalue weighted by Gasteiger charge is -2.46. The molecule has 1 atom stereocenters. The highest BCUT2D eigenvalue weighted by Crippen LogP contribution is 2.41. The van der Waals surface area contributed by atoms with Crippen molar-refractivity contribution in [1.29, 1.82) is 0 Å². The average molecular weight is 337 g/mol. The van der Waals surface area contributed by atoms with E-state index in [-0.39, 0.29) is 0 Å². The van der Waals surface area contributed by atoms with Crippen LogP contribution < -0.4 is 0 Å². The molecule has 5 heteroatoms. The van der Waals surface area contributed by atoms with Crippen LogP contribution in [-0.2, 0) is 4.74 Å². The zero-order valence-corrected chi connectivity index (χ0v) is 15.1. The maximum atomic E-state index is 11.2. The number of rotatable bonds is 5. The summed E-state index contributed by atoms with van der Waals surface area (Å²) in [5, 5.41) is 11.0. The number of hydrogen-bond donors (Lipinski definition) is 1. The molecule has 3 rings (SSSR count). The molecule has 2 heterocycles. The fourth-order valence-corrected chi connectivity index (χ4v) is 5.41. The predicted octanol–water partition coefficient (Wildman–Crippen LogP) is 3.75. The van der Waals surface area contributed by atoms with Crippen LogP contribution in [0, 0.1) is 12.8 Å². The number of carbonyl (C=O) groups is 1. The van der Waals surface area contributed by atoms with Crippen LogP contribution >= 0.6 is 11.3 Å². The standard InChI is InChI=1S/C18H27NO3S/c1-11(17-12(2)16(10-23-17)18(20)21)13-4-6-14(7-5-13)19-8-15(9-19)22-3/h10-11,13-15H,4-9H2,1-3H3,(H,20,21)/t11?,13-,14-. The van der Waals surface area contributed by atoms with E-state index in [0.29, 0.717) is 23.5 Å². The van der Waals surface area contributed by atoms with Crippen LogP contribution in [0.5, 0.6) is 0 Å². The molecule has 2 aliphatic rings. The van der Waals surface area contributed by atoms with Crippen molar-refractivity contribution in [1.82, 2.24) is 4.90 Å². The molecule has 1 aliphatic carbocycles. The number of carboxylic acid groups (broad SMARTS) is 1. The third-order valence-electron chi connectivity index (χ3n) is 5.90. The van der Waals surface area contributed by atoms with E-state index in [1.807, 2.05) is 6.92 Å². The summed E-state index contributed by atoms with van der Waals surface area (Å²) in [5.41, 5.74) is 1.46. The van der Waals surface area contributed by atoms with Gasteiger partial charge in [-0.3, -0.25) is 4.90 Å². The number of thiophene rings is 1. The molecule has 1 saturated heterocycles. The summed E-state index contributed by atoms with van der Waals surface area (Å²) < 4.78 is 5.37. The normalized spacial score (nSPS) is 27.6. The number of carboxylic acids is 1. The van der Waals surface area contributed by atoms with Gasteiger partial charge < -0.3 is 9.84 Å². The minimum absolute atomic E-state index is 0.440. The van der Waals surface area contributed by atoms with Gasteiger partial charge in [-0.25, -0.2) is 4.79 Å². The number of likely N-dealkylation sites (tertiary alicyclic amines) is 1. The Bertz CT molecular complexity index is 557. The second-order valence-electron chi connectivity index (χ2n) is 7.11. The maximum Gasteiger partial charge on any atom is 0.336 e. The van der Waals surface area contributed by atoms with Crippen molar-refractivity contribution < 1.29 is 14.6 Å². The highest BCUT2D eigenvalue weighted by atomic mass is 32.1. The monoisotopic (exact) mass is 337 g/mol. The minimum Gasteiger partial charge on any atom is -0.478 e. The topological polar surface area (TPSA) is 49.8 Å². The van der Waals surface area contributed by atoms with E-state index in [9.17, 15) is 9.90 Å². The molecule has 1 aromatic heterocycles. The van der Waals surface area contributed by atoms with Crippen molar-refractivity contribution in [2.45, 2.75) is 57.6 Å². The van der Waals surface area contributed by atoms with Gasteiger partial charge in [-0.2, -0.15) is 0 Å². The highest BCUT2D eigenvalue weighted by molar-refractivity contribution is 7.10. The van der Waals surface area contributed by atoms with Gasteiger partial charge in [0.1, 0.15) is 0 Å². The summed E-state index contributed by atoms with van der Waals surface area (Å²) in [6.45, 7) is 6.42. The van der Waals surface area contributed by atoms with Gasteiger partial charge >= 0.3 is 5.97 Å². The van der Waals surface area contributed by atoms with Crippen LogP contribution in [0.15, 0.2) is 5.38 Å². The molecule has 0 radical (unpaired) electrons. The number of aromatic carboxylic acids is 1. The first kappa shape index (κ1) is 16.9.